The topological polar surface area (TPSA) is 86.4 Å². The number of nitrogens with zero attached hydrogens (tertiary/aromatic N) is 3. The van der Waals surface area contributed by atoms with E-state index >= 15 is 0 Å². The van der Waals surface area contributed by atoms with Gasteiger partial charge in [-0.2, -0.15) is 0 Å². The third kappa shape index (κ3) is 6.19. The molecule has 176 valence electrons. The Morgan fingerprint density at radius 2 is 2.06 bits per heavy atom. The van der Waals surface area contributed by atoms with Crippen molar-refractivity contribution in [2.75, 3.05) is 69.3 Å². The second kappa shape index (κ2) is 11.3. The van der Waals surface area contributed by atoms with Crippen molar-refractivity contribution in [1.29, 1.82) is 0 Å². The largest absolute Gasteiger partial charge is 0.466 e. The Morgan fingerprint density at radius 3 is 2.72 bits per heavy atom. The highest BCUT2D eigenvalue weighted by atomic mass is 32.1. The molecule has 2 N–H and O–H groups in total. The standard InChI is InChI=1S/C21H30FN5O4S/c1-3-30-19(28)6-7-25-8-10-26(11-9-25)18-5-4-15(12-17(18)22)27-14-16(31-21(27)29)13-24-20(32)23-2/h4-5,12,16H,3,6-11,13-14H2,1-2H3,(H2,23,24,32)/t16-/m0/s1. The van der Waals surface area contributed by atoms with Crippen LogP contribution in [0.4, 0.5) is 20.6 Å². The number of benzene rings is 1. The average molecular weight is 468 g/mol. The minimum absolute atomic E-state index is 0.195. The maximum Gasteiger partial charge on any atom is 0.414 e. The Labute approximate surface area is 192 Å². The first-order valence-corrected chi connectivity index (χ1v) is 11.2. The molecule has 0 bridgehead atoms. The second-order valence-electron chi connectivity index (χ2n) is 7.60. The molecular weight excluding hydrogens is 437 g/mol. The highest BCUT2D eigenvalue weighted by Gasteiger charge is 2.33. The summed E-state index contributed by atoms with van der Waals surface area (Å²) < 4.78 is 25.2. The maximum absolute atomic E-state index is 14.9. The molecule has 1 aromatic carbocycles. The maximum atomic E-state index is 14.9. The predicted octanol–water partition coefficient (Wildman–Crippen LogP) is 1.32. The molecule has 9 nitrogen and oxygen atoms in total. The van der Waals surface area contributed by atoms with E-state index in [1.54, 1.807) is 26.1 Å². The molecule has 1 atom stereocenters. The van der Waals surface area contributed by atoms with Crippen molar-refractivity contribution in [1.82, 2.24) is 15.5 Å². The van der Waals surface area contributed by atoms with E-state index in [0.717, 1.165) is 13.1 Å². The van der Waals surface area contributed by atoms with Crippen molar-refractivity contribution >= 4 is 40.8 Å². The van der Waals surface area contributed by atoms with Crippen LogP contribution < -0.4 is 20.4 Å². The van der Waals surface area contributed by atoms with Crippen LogP contribution in [0.15, 0.2) is 18.2 Å². The van der Waals surface area contributed by atoms with Gasteiger partial charge in [-0.3, -0.25) is 14.6 Å². The molecule has 0 aromatic heterocycles. The Morgan fingerprint density at radius 1 is 1.31 bits per heavy atom. The van der Waals surface area contributed by atoms with E-state index in [1.807, 2.05) is 4.90 Å². The van der Waals surface area contributed by atoms with Gasteiger partial charge in [0.05, 0.1) is 37.5 Å². The highest BCUT2D eigenvalue weighted by Crippen LogP contribution is 2.28. The Balaban J connectivity index is 1.53. The van der Waals surface area contributed by atoms with Crippen LogP contribution in [0.2, 0.25) is 0 Å². The van der Waals surface area contributed by atoms with Crippen molar-refractivity contribution < 1.29 is 23.5 Å². The van der Waals surface area contributed by atoms with Gasteiger partial charge in [-0.25, -0.2) is 9.18 Å². The van der Waals surface area contributed by atoms with E-state index in [1.165, 1.54) is 11.0 Å². The van der Waals surface area contributed by atoms with Gasteiger partial charge in [0.15, 0.2) is 5.11 Å². The van der Waals surface area contributed by atoms with Gasteiger partial charge >= 0.3 is 12.1 Å². The predicted molar refractivity (Wildman–Crippen MR) is 124 cm³/mol. The van der Waals surface area contributed by atoms with Gasteiger partial charge in [0.25, 0.3) is 0 Å². The molecule has 0 spiro atoms. The van der Waals surface area contributed by atoms with Crippen LogP contribution >= 0.6 is 12.2 Å². The first-order chi connectivity index (χ1) is 15.4. The molecule has 2 aliphatic rings. The first-order valence-electron chi connectivity index (χ1n) is 10.8. The lowest BCUT2D eigenvalue weighted by molar-refractivity contribution is -0.143. The second-order valence-corrected chi connectivity index (χ2v) is 8.00. The van der Waals surface area contributed by atoms with Crippen LogP contribution in [0, 0.1) is 5.82 Å². The number of carbonyl (C=O) groups is 2. The monoisotopic (exact) mass is 467 g/mol. The van der Waals surface area contributed by atoms with Crippen LogP contribution in [0.5, 0.6) is 0 Å². The summed E-state index contributed by atoms with van der Waals surface area (Å²) >= 11 is 5.03. The molecule has 0 saturated carbocycles. The minimum atomic E-state index is -0.505. The summed E-state index contributed by atoms with van der Waals surface area (Å²) in [6, 6.07) is 4.81. The summed E-state index contributed by atoms with van der Waals surface area (Å²) in [6.07, 6.45) is -0.520. The molecule has 11 heteroatoms. The summed E-state index contributed by atoms with van der Waals surface area (Å²) in [5.74, 6) is -0.576. The zero-order valence-corrected chi connectivity index (χ0v) is 19.3. The summed E-state index contributed by atoms with van der Waals surface area (Å²) in [5.41, 5.74) is 0.965. The van der Waals surface area contributed by atoms with E-state index in [9.17, 15) is 14.0 Å². The van der Waals surface area contributed by atoms with Gasteiger partial charge in [0, 0.05) is 39.8 Å². The number of carbonyl (C=O) groups excluding carboxylic acids is 2. The van der Waals surface area contributed by atoms with E-state index < -0.39 is 6.09 Å². The van der Waals surface area contributed by atoms with Gasteiger partial charge in [-0.1, -0.05) is 0 Å². The summed E-state index contributed by atoms with van der Waals surface area (Å²) in [5, 5.41) is 6.23. The molecule has 0 aliphatic carbocycles. The first kappa shape index (κ1) is 24.0. The van der Waals surface area contributed by atoms with Gasteiger partial charge in [0.1, 0.15) is 11.9 Å². The molecule has 1 amide bonds. The zero-order chi connectivity index (χ0) is 23.1. The van der Waals surface area contributed by atoms with Crippen LogP contribution in [-0.4, -0.2) is 87.6 Å². The van der Waals surface area contributed by atoms with Crippen LogP contribution in [0.3, 0.4) is 0 Å². The number of ether oxygens (including phenoxy) is 2. The summed E-state index contributed by atoms with van der Waals surface area (Å²) in [6.45, 7) is 6.30. The normalized spacial score (nSPS) is 19.0. The number of cyclic esters (lactones) is 1. The molecule has 2 fully saturated rings. The number of piperazine rings is 1. The fraction of sp³-hybridized carbons (Fsp3) is 0.571. The lowest BCUT2D eigenvalue weighted by Crippen LogP contribution is -2.47. The number of hydrogen-bond acceptors (Lipinski definition) is 7. The van der Waals surface area contributed by atoms with Gasteiger partial charge in [-0.05, 0) is 37.3 Å². The molecule has 32 heavy (non-hydrogen) atoms. The molecule has 0 unspecified atom stereocenters. The Hall–Kier alpha value is -2.66. The summed E-state index contributed by atoms with van der Waals surface area (Å²) in [7, 11) is 1.70. The zero-order valence-electron chi connectivity index (χ0n) is 18.4. The quantitative estimate of drug-likeness (QED) is 0.434. The fourth-order valence-electron chi connectivity index (χ4n) is 3.75. The van der Waals surface area contributed by atoms with Gasteiger partial charge < -0.3 is 25.0 Å². The smallest absolute Gasteiger partial charge is 0.414 e. The number of esters is 1. The molecule has 2 aliphatic heterocycles. The highest BCUT2D eigenvalue weighted by molar-refractivity contribution is 7.80. The number of amides is 1. The molecule has 3 rings (SSSR count). The van der Waals surface area contributed by atoms with Crippen molar-refractivity contribution in [3.05, 3.63) is 24.0 Å². The van der Waals surface area contributed by atoms with Crippen molar-refractivity contribution in [2.24, 2.45) is 0 Å². The third-order valence-electron chi connectivity index (χ3n) is 5.48. The van der Waals surface area contributed by atoms with Crippen LogP contribution in [0.25, 0.3) is 0 Å². The third-order valence-corrected chi connectivity index (χ3v) is 5.83. The number of anilines is 2. The lowest BCUT2D eigenvalue weighted by atomic mass is 10.2. The SMILES string of the molecule is CCOC(=O)CCN1CCN(c2ccc(N3C[C@H](CNC(=S)NC)OC3=O)cc2F)CC1. The van der Waals surface area contributed by atoms with Crippen molar-refractivity contribution in [3.63, 3.8) is 0 Å². The fourth-order valence-corrected chi connectivity index (χ4v) is 3.83. The van der Waals surface area contributed by atoms with Gasteiger partial charge in [0.2, 0.25) is 0 Å². The molecule has 1 aromatic rings. The van der Waals surface area contributed by atoms with E-state index in [2.05, 4.69) is 15.5 Å². The molecular formula is C21H30FN5O4S. The van der Waals surface area contributed by atoms with Crippen LogP contribution in [0.1, 0.15) is 13.3 Å². The van der Waals surface area contributed by atoms with E-state index in [0.29, 0.717) is 62.2 Å². The van der Waals surface area contributed by atoms with Crippen LogP contribution in [-0.2, 0) is 14.3 Å². The number of thiocarbonyl (C=S) groups is 1. The molecule has 2 heterocycles. The number of nitrogens with one attached hydrogen (secondary N) is 2. The van der Waals surface area contributed by atoms with Crippen molar-refractivity contribution in [2.45, 2.75) is 19.4 Å². The number of halogens is 1. The minimum Gasteiger partial charge on any atom is -0.466 e. The summed E-state index contributed by atoms with van der Waals surface area (Å²) in [4.78, 5) is 29.3. The number of rotatable bonds is 8. The lowest BCUT2D eigenvalue weighted by Gasteiger charge is -2.36. The average Bonchev–Trinajstić information content (AvgIpc) is 3.17. The van der Waals surface area contributed by atoms with Gasteiger partial charge in [-0.15, -0.1) is 0 Å². The Bertz CT molecular complexity index is 834. The van der Waals surface area contributed by atoms with Crippen molar-refractivity contribution in [3.8, 4) is 0 Å². The van der Waals surface area contributed by atoms with E-state index in [-0.39, 0.29) is 17.9 Å². The van der Waals surface area contributed by atoms with E-state index in [4.69, 9.17) is 21.7 Å². The number of hydrogen-bond donors (Lipinski definition) is 2. The molecule has 2 saturated heterocycles. The molecule has 0 radical (unpaired) electrons. The Kier molecular flexibility index (Phi) is 8.46.